The summed E-state index contributed by atoms with van der Waals surface area (Å²) in [5.74, 6) is 0.360. The number of esters is 1. The van der Waals surface area contributed by atoms with Gasteiger partial charge in [-0.1, -0.05) is 24.3 Å². The second-order valence-electron chi connectivity index (χ2n) is 9.33. The highest BCUT2D eigenvalue weighted by atomic mass is 16.6. The number of carbonyl (C=O) groups excluding carboxylic acids is 2. The van der Waals surface area contributed by atoms with E-state index in [9.17, 15) is 9.59 Å². The average Bonchev–Trinajstić information content (AvgIpc) is 3.47. The Bertz CT molecular complexity index is 1430. The molecule has 1 fully saturated rings. The van der Waals surface area contributed by atoms with Crippen LogP contribution >= 0.6 is 0 Å². The Morgan fingerprint density at radius 2 is 1.64 bits per heavy atom. The van der Waals surface area contributed by atoms with Crippen molar-refractivity contribution in [3.8, 4) is 5.75 Å². The van der Waals surface area contributed by atoms with E-state index in [2.05, 4.69) is 15.2 Å². The molecular formula is C29H30N4O6. The van der Waals surface area contributed by atoms with Crippen LogP contribution in [0, 0.1) is 0 Å². The number of rotatable bonds is 9. The molecule has 1 aliphatic heterocycles. The lowest BCUT2D eigenvalue weighted by atomic mass is 10.1. The van der Waals surface area contributed by atoms with Crippen molar-refractivity contribution in [3.05, 3.63) is 89.0 Å². The SMILES string of the molecule is COC(=O)c1ccc(CO[C@@H](CN2CCN(C(=O)c3ccc4nonc4c3)CC2)c2cccc(OC)c2)cc1. The summed E-state index contributed by atoms with van der Waals surface area (Å²) in [5.41, 5.74) is 4.22. The minimum Gasteiger partial charge on any atom is -0.497 e. The zero-order valence-corrected chi connectivity index (χ0v) is 21.9. The number of carbonyl (C=O) groups is 2. The second kappa shape index (κ2) is 12.1. The quantitative estimate of drug-likeness (QED) is 0.299. The fourth-order valence-corrected chi connectivity index (χ4v) is 4.61. The van der Waals surface area contributed by atoms with Crippen LogP contribution in [0.5, 0.6) is 5.75 Å². The molecule has 0 saturated carbocycles. The summed E-state index contributed by atoms with van der Waals surface area (Å²) in [6.07, 6.45) is -0.218. The van der Waals surface area contributed by atoms with E-state index < -0.39 is 0 Å². The summed E-state index contributed by atoms with van der Waals surface area (Å²) in [6.45, 7) is 3.68. The molecule has 5 rings (SSSR count). The molecule has 2 heterocycles. The summed E-state index contributed by atoms with van der Waals surface area (Å²) < 4.78 is 21.4. The van der Waals surface area contributed by atoms with Gasteiger partial charge >= 0.3 is 5.97 Å². The van der Waals surface area contributed by atoms with Gasteiger partial charge in [0.05, 0.1) is 32.5 Å². The van der Waals surface area contributed by atoms with E-state index in [1.54, 1.807) is 37.4 Å². The van der Waals surface area contributed by atoms with Crippen LogP contribution in [0.2, 0.25) is 0 Å². The van der Waals surface area contributed by atoms with Gasteiger partial charge in [-0.15, -0.1) is 0 Å². The molecule has 10 heteroatoms. The van der Waals surface area contributed by atoms with Crippen molar-refractivity contribution in [2.75, 3.05) is 46.9 Å². The van der Waals surface area contributed by atoms with Gasteiger partial charge in [-0.3, -0.25) is 9.69 Å². The van der Waals surface area contributed by atoms with Gasteiger partial charge in [0.2, 0.25) is 0 Å². The third-order valence-electron chi connectivity index (χ3n) is 6.88. The van der Waals surface area contributed by atoms with Gasteiger partial charge in [0.25, 0.3) is 5.91 Å². The van der Waals surface area contributed by atoms with Crippen molar-refractivity contribution in [1.82, 2.24) is 20.1 Å². The van der Waals surface area contributed by atoms with Gasteiger partial charge in [0, 0.05) is 38.3 Å². The number of methoxy groups -OCH3 is 2. The normalized spacial score (nSPS) is 14.8. The van der Waals surface area contributed by atoms with Crippen molar-refractivity contribution in [2.45, 2.75) is 12.7 Å². The minimum absolute atomic E-state index is 0.0319. The number of ether oxygens (including phenoxy) is 3. The van der Waals surface area contributed by atoms with E-state index in [1.807, 2.05) is 41.3 Å². The van der Waals surface area contributed by atoms with E-state index in [0.29, 0.717) is 48.4 Å². The van der Waals surface area contributed by atoms with Crippen molar-refractivity contribution < 1.29 is 28.4 Å². The van der Waals surface area contributed by atoms with Crippen molar-refractivity contribution in [3.63, 3.8) is 0 Å². The topological polar surface area (TPSA) is 107 Å². The van der Waals surface area contributed by atoms with Crippen LogP contribution in [0.25, 0.3) is 11.0 Å². The standard InChI is InChI=1S/C29H30N4O6/c1-36-24-5-3-4-22(16-24)27(38-19-20-6-8-21(9-7-20)29(35)37-2)18-32-12-14-33(15-13-32)28(34)23-10-11-25-26(17-23)31-39-30-25/h3-11,16-17,27H,12-15,18-19H2,1-2H3/t27-/m0/s1. The second-order valence-corrected chi connectivity index (χ2v) is 9.33. The molecule has 0 aliphatic carbocycles. The number of fused-ring (bicyclic) bond motifs is 1. The Morgan fingerprint density at radius 1 is 0.897 bits per heavy atom. The van der Waals surface area contributed by atoms with Gasteiger partial charge in [0.1, 0.15) is 16.8 Å². The molecule has 0 unspecified atom stereocenters. The zero-order chi connectivity index (χ0) is 27.2. The smallest absolute Gasteiger partial charge is 0.337 e. The first-order valence-electron chi connectivity index (χ1n) is 12.7. The third-order valence-corrected chi connectivity index (χ3v) is 6.88. The molecule has 1 saturated heterocycles. The highest BCUT2D eigenvalue weighted by molar-refractivity contribution is 5.97. The van der Waals surface area contributed by atoms with E-state index in [1.165, 1.54) is 7.11 Å². The predicted molar refractivity (Wildman–Crippen MR) is 142 cm³/mol. The van der Waals surface area contributed by atoms with Crippen LogP contribution in [0.3, 0.4) is 0 Å². The Morgan fingerprint density at radius 3 is 2.38 bits per heavy atom. The van der Waals surface area contributed by atoms with E-state index in [4.69, 9.17) is 18.8 Å². The number of hydrogen-bond donors (Lipinski definition) is 0. The van der Waals surface area contributed by atoms with Crippen LogP contribution in [0.1, 0.15) is 37.9 Å². The molecule has 1 atom stereocenters. The lowest BCUT2D eigenvalue weighted by molar-refractivity contribution is 0.00331. The van der Waals surface area contributed by atoms with E-state index in [-0.39, 0.29) is 18.0 Å². The van der Waals surface area contributed by atoms with E-state index in [0.717, 1.165) is 30.0 Å². The van der Waals surface area contributed by atoms with Gasteiger partial charge in [-0.25, -0.2) is 9.42 Å². The van der Waals surface area contributed by atoms with Gasteiger partial charge in [-0.2, -0.15) is 0 Å². The van der Waals surface area contributed by atoms with Crippen LogP contribution in [-0.4, -0.2) is 78.9 Å². The molecule has 202 valence electrons. The first-order valence-corrected chi connectivity index (χ1v) is 12.7. The predicted octanol–water partition coefficient (Wildman–Crippen LogP) is 3.73. The van der Waals surface area contributed by atoms with Gasteiger partial charge in [0.15, 0.2) is 0 Å². The number of hydrogen-bond acceptors (Lipinski definition) is 9. The van der Waals surface area contributed by atoms with Crippen molar-refractivity contribution in [2.24, 2.45) is 0 Å². The van der Waals surface area contributed by atoms with Crippen molar-refractivity contribution in [1.29, 1.82) is 0 Å². The molecule has 0 radical (unpaired) electrons. The molecule has 4 aromatic rings. The molecule has 0 N–H and O–H groups in total. The van der Waals surface area contributed by atoms with Crippen LogP contribution in [-0.2, 0) is 16.1 Å². The summed E-state index contributed by atoms with van der Waals surface area (Å²) in [4.78, 5) is 29.0. The Hall–Kier alpha value is -4.28. The Kier molecular flexibility index (Phi) is 8.14. The minimum atomic E-state index is -0.370. The number of aromatic nitrogens is 2. The fraction of sp³-hybridized carbons (Fsp3) is 0.310. The fourth-order valence-electron chi connectivity index (χ4n) is 4.61. The van der Waals surface area contributed by atoms with E-state index >= 15 is 0 Å². The molecular weight excluding hydrogens is 500 g/mol. The largest absolute Gasteiger partial charge is 0.497 e. The highest BCUT2D eigenvalue weighted by Gasteiger charge is 2.25. The number of piperazine rings is 1. The maximum absolute atomic E-state index is 13.1. The van der Waals surface area contributed by atoms with Gasteiger partial charge < -0.3 is 19.1 Å². The maximum atomic E-state index is 13.1. The summed E-state index contributed by atoms with van der Waals surface area (Å²) in [7, 11) is 3.01. The lowest BCUT2D eigenvalue weighted by Gasteiger charge is -2.36. The summed E-state index contributed by atoms with van der Waals surface area (Å²) >= 11 is 0. The van der Waals surface area contributed by atoms with Crippen LogP contribution in [0.4, 0.5) is 0 Å². The molecule has 1 amide bonds. The molecule has 3 aromatic carbocycles. The summed E-state index contributed by atoms with van der Waals surface area (Å²) in [5, 5.41) is 7.64. The molecule has 1 aliphatic rings. The zero-order valence-electron chi connectivity index (χ0n) is 21.9. The number of amides is 1. The average molecular weight is 531 g/mol. The highest BCUT2D eigenvalue weighted by Crippen LogP contribution is 2.25. The summed E-state index contributed by atoms with van der Waals surface area (Å²) in [6, 6.07) is 20.3. The molecule has 0 bridgehead atoms. The number of nitrogens with zero attached hydrogens (tertiary/aromatic N) is 4. The first-order chi connectivity index (χ1) is 19.0. The lowest BCUT2D eigenvalue weighted by Crippen LogP contribution is -2.49. The first kappa shape index (κ1) is 26.3. The molecule has 39 heavy (non-hydrogen) atoms. The van der Waals surface area contributed by atoms with Crippen molar-refractivity contribution >= 4 is 22.9 Å². The number of benzene rings is 3. The Balaban J connectivity index is 1.23. The molecule has 1 aromatic heterocycles. The van der Waals surface area contributed by atoms with Crippen LogP contribution in [0.15, 0.2) is 71.4 Å². The van der Waals surface area contributed by atoms with Gasteiger partial charge in [-0.05, 0) is 63.9 Å². The third kappa shape index (κ3) is 6.24. The Labute approximate surface area is 226 Å². The monoisotopic (exact) mass is 530 g/mol. The molecule has 10 nitrogen and oxygen atoms in total. The maximum Gasteiger partial charge on any atom is 0.337 e. The molecule has 0 spiro atoms. The van der Waals surface area contributed by atoms with Crippen LogP contribution < -0.4 is 4.74 Å².